The maximum Gasteiger partial charge on any atom is 0.0645 e. The monoisotopic (exact) mass is 416 g/mol. The zero-order valence-electron chi connectivity index (χ0n) is 19.2. The van der Waals surface area contributed by atoms with Crippen LogP contribution in [0.5, 0.6) is 0 Å². The fourth-order valence-corrected chi connectivity index (χ4v) is 12.0. The van der Waals surface area contributed by atoms with Crippen LogP contribution in [0.4, 0.5) is 0 Å². The van der Waals surface area contributed by atoms with Gasteiger partial charge in [-0.05, 0) is 80.7 Å². The zero-order chi connectivity index (χ0) is 20.1. The van der Waals surface area contributed by atoms with Gasteiger partial charge in [-0.15, -0.1) is 0 Å². The highest BCUT2D eigenvalue weighted by Gasteiger charge is 2.44. The Balaban J connectivity index is 1.64. The van der Waals surface area contributed by atoms with Gasteiger partial charge in [-0.2, -0.15) is 0 Å². The van der Waals surface area contributed by atoms with Gasteiger partial charge >= 0.3 is 0 Å². The van der Waals surface area contributed by atoms with Crippen LogP contribution in [0.3, 0.4) is 0 Å². The molecule has 2 fully saturated rings. The van der Waals surface area contributed by atoms with E-state index in [-0.39, 0.29) is 7.92 Å². The topological polar surface area (TPSA) is 9.23 Å². The zero-order valence-corrected chi connectivity index (χ0v) is 20.1. The molecule has 0 saturated heterocycles. The predicted octanol–water partition coefficient (Wildman–Crippen LogP) is 8.23. The van der Waals surface area contributed by atoms with Crippen molar-refractivity contribution in [1.29, 1.82) is 0 Å². The Morgan fingerprint density at radius 3 is 2.10 bits per heavy atom. The molecule has 4 atom stereocenters. The van der Waals surface area contributed by atoms with E-state index in [0.29, 0.717) is 12.0 Å². The van der Waals surface area contributed by atoms with Crippen LogP contribution in [0.1, 0.15) is 103 Å². The second-order valence-corrected chi connectivity index (χ2v) is 13.2. The largest absolute Gasteiger partial charge is 0.381 e. The molecule has 0 spiro atoms. The molecule has 0 aliphatic heterocycles. The molecule has 0 aromatic heterocycles. The summed E-state index contributed by atoms with van der Waals surface area (Å²) >= 11 is 0. The molecule has 164 valence electrons. The van der Waals surface area contributed by atoms with E-state index < -0.39 is 0 Å². The van der Waals surface area contributed by atoms with Gasteiger partial charge in [0.05, 0.1) is 6.10 Å². The Kier molecular flexibility index (Phi) is 8.34. The van der Waals surface area contributed by atoms with Crippen molar-refractivity contribution in [3.63, 3.8) is 0 Å². The van der Waals surface area contributed by atoms with Gasteiger partial charge in [-0.1, -0.05) is 77.2 Å². The van der Waals surface area contributed by atoms with Gasteiger partial charge in [-0.25, -0.2) is 0 Å². The fraction of sp³-hybridized carbons (Fsp3) is 0.852. The van der Waals surface area contributed by atoms with Gasteiger partial charge in [0.25, 0.3) is 0 Å². The van der Waals surface area contributed by atoms with E-state index in [9.17, 15) is 0 Å². The summed E-state index contributed by atoms with van der Waals surface area (Å²) in [7, 11) is 2.11. The lowest BCUT2D eigenvalue weighted by Gasteiger charge is -2.49. The van der Waals surface area contributed by atoms with Crippen LogP contribution in [0.2, 0.25) is 0 Å². The molecule has 1 nitrogen and oxygen atoms in total. The van der Waals surface area contributed by atoms with E-state index in [1.54, 1.807) is 31.3 Å². The second-order valence-electron chi connectivity index (χ2n) is 10.2. The predicted molar refractivity (Wildman–Crippen MR) is 128 cm³/mol. The van der Waals surface area contributed by atoms with Crippen LogP contribution in [0, 0.1) is 11.8 Å². The molecule has 0 heterocycles. The molecular formula is C27H45OP. The van der Waals surface area contributed by atoms with Crippen molar-refractivity contribution in [3.8, 4) is 0 Å². The molecule has 29 heavy (non-hydrogen) atoms. The van der Waals surface area contributed by atoms with Crippen LogP contribution < -0.4 is 0 Å². The molecule has 2 saturated carbocycles. The Morgan fingerprint density at radius 2 is 1.52 bits per heavy atom. The Bertz CT molecular complexity index is 537. The summed E-state index contributed by atoms with van der Waals surface area (Å²) in [5.74, 6) is 1.40. The lowest BCUT2D eigenvalue weighted by molar-refractivity contribution is 0.0362. The molecule has 4 rings (SSSR count). The third kappa shape index (κ3) is 5.03. The third-order valence-electron chi connectivity index (χ3n) is 8.62. The summed E-state index contributed by atoms with van der Waals surface area (Å²) in [6.45, 7) is 2.38. The van der Waals surface area contributed by atoms with Crippen LogP contribution >= 0.6 is 7.92 Å². The molecule has 0 amide bonds. The van der Waals surface area contributed by atoms with Crippen molar-refractivity contribution >= 4 is 7.92 Å². The molecule has 0 N–H and O–H groups in total. The number of allylic oxidation sites excluding steroid dienone is 3. The van der Waals surface area contributed by atoms with E-state index in [0.717, 1.165) is 22.9 Å². The van der Waals surface area contributed by atoms with E-state index in [1.165, 1.54) is 70.6 Å². The van der Waals surface area contributed by atoms with Crippen molar-refractivity contribution in [2.45, 2.75) is 126 Å². The summed E-state index contributed by atoms with van der Waals surface area (Å²) in [6.07, 6.45) is 29.9. The van der Waals surface area contributed by atoms with Gasteiger partial charge in [0, 0.05) is 13.0 Å². The molecule has 2 unspecified atom stereocenters. The van der Waals surface area contributed by atoms with Gasteiger partial charge in [0.1, 0.15) is 0 Å². The minimum absolute atomic E-state index is 0.139. The van der Waals surface area contributed by atoms with E-state index >= 15 is 0 Å². The Morgan fingerprint density at radius 1 is 0.862 bits per heavy atom. The summed E-state index contributed by atoms with van der Waals surface area (Å²) in [4.78, 5) is 0. The molecule has 4 aliphatic rings. The molecule has 0 aromatic rings. The van der Waals surface area contributed by atoms with E-state index in [4.69, 9.17) is 4.74 Å². The van der Waals surface area contributed by atoms with E-state index in [1.807, 2.05) is 7.11 Å². The average molecular weight is 417 g/mol. The van der Waals surface area contributed by atoms with Crippen LogP contribution in [0.25, 0.3) is 0 Å². The number of hydrogen-bond donors (Lipinski definition) is 0. The van der Waals surface area contributed by atoms with Crippen molar-refractivity contribution in [2.75, 3.05) is 7.11 Å². The first-order chi connectivity index (χ1) is 14.3. The number of hydrogen-bond acceptors (Lipinski definition) is 1. The minimum atomic E-state index is 0.139. The minimum Gasteiger partial charge on any atom is -0.381 e. The normalized spacial score (nSPS) is 35.1. The molecule has 0 radical (unpaired) electrons. The lowest BCUT2D eigenvalue weighted by Crippen LogP contribution is -2.41. The van der Waals surface area contributed by atoms with Gasteiger partial charge in [0.15, 0.2) is 0 Å². The van der Waals surface area contributed by atoms with Crippen molar-refractivity contribution in [1.82, 2.24) is 0 Å². The average Bonchev–Trinajstić information content (AvgIpc) is 2.80. The molecule has 0 bridgehead atoms. The lowest BCUT2D eigenvalue weighted by atomic mass is 9.72. The maximum atomic E-state index is 6.14. The summed E-state index contributed by atoms with van der Waals surface area (Å²) in [5.41, 5.74) is 4.81. The number of methoxy groups -OCH3 is 1. The third-order valence-corrected chi connectivity index (χ3v) is 12.7. The first kappa shape index (κ1) is 22.1. The van der Waals surface area contributed by atoms with Crippen molar-refractivity contribution < 1.29 is 4.74 Å². The van der Waals surface area contributed by atoms with Crippen LogP contribution in [0.15, 0.2) is 23.8 Å². The first-order valence-electron chi connectivity index (χ1n) is 13.0. The Labute approximate surface area is 181 Å². The highest BCUT2D eigenvalue weighted by Crippen LogP contribution is 2.63. The van der Waals surface area contributed by atoms with Gasteiger partial charge in [-0.3, -0.25) is 0 Å². The Hall–Kier alpha value is -0.130. The molecule has 4 aliphatic carbocycles. The fourth-order valence-electron chi connectivity index (χ4n) is 7.27. The van der Waals surface area contributed by atoms with E-state index in [2.05, 4.69) is 25.2 Å². The molecule has 0 aromatic carbocycles. The second kappa shape index (κ2) is 10.9. The highest BCUT2D eigenvalue weighted by atomic mass is 31.1. The SMILES string of the molecule is CCC1=CCCC(OC)[C@H]1[C@@H]1C=CCCC1P(C1CCCCC1)C1CCCCC1. The number of rotatable bonds is 6. The highest BCUT2D eigenvalue weighted by molar-refractivity contribution is 7.60. The van der Waals surface area contributed by atoms with Crippen molar-refractivity contribution in [3.05, 3.63) is 23.8 Å². The molecule has 2 heteroatoms. The molecular weight excluding hydrogens is 371 g/mol. The number of ether oxygens (including phenoxy) is 1. The maximum absolute atomic E-state index is 6.14. The quantitative estimate of drug-likeness (QED) is 0.313. The van der Waals surface area contributed by atoms with Gasteiger partial charge < -0.3 is 4.74 Å². The summed E-state index contributed by atoms with van der Waals surface area (Å²) < 4.78 is 6.14. The summed E-state index contributed by atoms with van der Waals surface area (Å²) in [6, 6.07) is 0. The van der Waals surface area contributed by atoms with Crippen molar-refractivity contribution in [2.24, 2.45) is 11.8 Å². The summed E-state index contributed by atoms with van der Waals surface area (Å²) in [5, 5.41) is 0. The van der Waals surface area contributed by atoms with Gasteiger partial charge in [0.2, 0.25) is 0 Å². The first-order valence-corrected chi connectivity index (χ1v) is 14.5. The van der Waals surface area contributed by atoms with Crippen LogP contribution in [-0.4, -0.2) is 30.2 Å². The van der Waals surface area contributed by atoms with Crippen LogP contribution in [-0.2, 0) is 4.74 Å². The standard InChI is InChI=1S/C27H45OP/c1-3-21-13-12-19-25(28-2)27(21)24-18-10-11-20-26(24)29(22-14-6-4-7-15-22)23-16-8-5-9-17-23/h10,13,18,22-27H,3-9,11-12,14-17,19-20H2,1-2H3/t24-,25?,26?,27-/m1/s1. The smallest absolute Gasteiger partial charge is 0.0645 e.